The second-order valence-electron chi connectivity index (χ2n) is 4.59. The van der Waals surface area contributed by atoms with Crippen LogP contribution in [0.5, 0.6) is 0 Å². The fraction of sp³-hybridized carbons (Fsp3) is 0.462. The molecule has 1 unspecified atom stereocenters. The summed E-state index contributed by atoms with van der Waals surface area (Å²) in [7, 11) is 0. The number of rotatable bonds is 3. The van der Waals surface area contributed by atoms with E-state index >= 15 is 0 Å². The molecule has 3 nitrogen and oxygen atoms in total. The third-order valence-electron chi connectivity index (χ3n) is 3.41. The van der Waals surface area contributed by atoms with E-state index < -0.39 is 0 Å². The molecule has 18 heavy (non-hydrogen) atoms. The molecule has 0 bridgehead atoms. The van der Waals surface area contributed by atoms with Crippen LogP contribution in [-0.4, -0.2) is 36.0 Å². The monoisotopic (exact) mass is 280 g/mol. The van der Waals surface area contributed by atoms with Crippen molar-refractivity contribution in [1.82, 2.24) is 4.98 Å². The van der Waals surface area contributed by atoms with Gasteiger partial charge in [0, 0.05) is 30.5 Å². The van der Waals surface area contributed by atoms with Crippen molar-refractivity contribution in [2.45, 2.75) is 11.3 Å². The Hall–Kier alpha value is -0.780. The Kier molecular flexibility index (Phi) is 3.46. The Morgan fingerprint density at radius 2 is 2.44 bits per heavy atom. The van der Waals surface area contributed by atoms with Gasteiger partial charge in [-0.25, -0.2) is 4.98 Å². The predicted octanol–water partition coefficient (Wildman–Crippen LogP) is 2.84. The topological polar surface area (TPSA) is 36.4 Å². The molecule has 1 aromatic carbocycles. The van der Waals surface area contributed by atoms with Crippen molar-refractivity contribution in [3.63, 3.8) is 0 Å². The third kappa shape index (κ3) is 2.11. The molecular formula is C13H16N2OS2. The predicted molar refractivity (Wildman–Crippen MR) is 78.8 cm³/mol. The van der Waals surface area contributed by atoms with Crippen molar-refractivity contribution < 1.29 is 5.11 Å². The molecule has 2 aromatic rings. The van der Waals surface area contributed by atoms with Gasteiger partial charge < -0.3 is 10.0 Å². The van der Waals surface area contributed by atoms with E-state index in [1.54, 1.807) is 23.1 Å². The molecule has 2 heterocycles. The Labute approximate surface area is 115 Å². The normalized spacial score (nSPS) is 19.9. The van der Waals surface area contributed by atoms with Crippen molar-refractivity contribution in [1.29, 1.82) is 0 Å². The molecule has 0 aliphatic carbocycles. The van der Waals surface area contributed by atoms with Crippen molar-refractivity contribution in [2.75, 3.05) is 30.9 Å². The van der Waals surface area contributed by atoms with E-state index in [4.69, 9.17) is 4.98 Å². The summed E-state index contributed by atoms with van der Waals surface area (Å²) in [6, 6.07) is 6.35. The highest BCUT2D eigenvalue weighted by atomic mass is 32.2. The summed E-state index contributed by atoms with van der Waals surface area (Å²) in [5.41, 5.74) is 1.12. The third-order valence-corrected chi connectivity index (χ3v) is 5.26. The number of aliphatic hydroxyl groups is 1. The zero-order chi connectivity index (χ0) is 12.5. The van der Waals surface area contributed by atoms with Gasteiger partial charge in [-0.15, -0.1) is 11.8 Å². The molecule has 0 spiro atoms. The van der Waals surface area contributed by atoms with Crippen LogP contribution in [0, 0.1) is 5.92 Å². The number of benzene rings is 1. The highest BCUT2D eigenvalue weighted by Crippen LogP contribution is 2.35. The van der Waals surface area contributed by atoms with Crippen molar-refractivity contribution in [3.8, 4) is 0 Å². The van der Waals surface area contributed by atoms with Crippen LogP contribution in [0.2, 0.25) is 0 Å². The van der Waals surface area contributed by atoms with Crippen molar-refractivity contribution in [2.24, 2.45) is 5.92 Å². The van der Waals surface area contributed by atoms with Crippen LogP contribution in [0.1, 0.15) is 6.42 Å². The van der Waals surface area contributed by atoms with Crippen LogP contribution < -0.4 is 4.90 Å². The Bertz CT molecular complexity index is 555. The number of aromatic nitrogens is 1. The number of hydrogen-bond donors (Lipinski definition) is 1. The van der Waals surface area contributed by atoms with Crippen LogP contribution in [0.15, 0.2) is 23.1 Å². The number of hydrogen-bond acceptors (Lipinski definition) is 5. The minimum atomic E-state index is 0.289. The second kappa shape index (κ2) is 5.07. The maximum atomic E-state index is 9.21. The molecule has 1 N–H and O–H groups in total. The summed E-state index contributed by atoms with van der Waals surface area (Å²) < 4.78 is 1.25. The molecular weight excluding hydrogens is 264 g/mol. The quantitative estimate of drug-likeness (QED) is 0.877. The average Bonchev–Trinajstić information content (AvgIpc) is 3.03. The molecule has 1 saturated heterocycles. The van der Waals surface area contributed by atoms with E-state index in [2.05, 4.69) is 29.4 Å². The molecule has 1 atom stereocenters. The zero-order valence-electron chi connectivity index (χ0n) is 10.3. The smallest absolute Gasteiger partial charge is 0.186 e. The van der Waals surface area contributed by atoms with E-state index in [9.17, 15) is 5.11 Å². The molecule has 0 radical (unpaired) electrons. The van der Waals surface area contributed by atoms with Crippen molar-refractivity contribution >= 4 is 38.4 Å². The maximum Gasteiger partial charge on any atom is 0.186 e. The number of nitrogens with zero attached hydrogens (tertiary/aromatic N) is 2. The first kappa shape index (κ1) is 12.3. The molecule has 1 aliphatic heterocycles. The van der Waals surface area contributed by atoms with Gasteiger partial charge in [0.15, 0.2) is 5.13 Å². The van der Waals surface area contributed by atoms with Gasteiger partial charge in [0.2, 0.25) is 0 Å². The minimum absolute atomic E-state index is 0.289. The average molecular weight is 280 g/mol. The largest absolute Gasteiger partial charge is 0.396 e. The van der Waals surface area contributed by atoms with Gasteiger partial charge in [-0.3, -0.25) is 0 Å². The number of thioether (sulfide) groups is 1. The molecule has 1 aromatic heterocycles. The first-order valence-corrected chi connectivity index (χ1v) is 8.15. The van der Waals surface area contributed by atoms with E-state index in [1.165, 1.54) is 9.60 Å². The molecule has 1 fully saturated rings. The van der Waals surface area contributed by atoms with Crippen LogP contribution in [0.25, 0.3) is 10.2 Å². The Morgan fingerprint density at radius 1 is 1.56 bits per heavy atom. The minimum Gasteiger partial charge on any atom is -0.396 e. The number of anilines is 1. The summed E-state index contributed by atoms with van der Waals surface area (Å²) in [6.07, 6.45) is 3.16. The summed E-state index contributed by atoms with van der Waals surface area (Å²) in [4.78, 5) is 8.32. The molecule has 0 saturated carbocycles. The van der Waals surface area contributed by atoms with Gasteiger partial charge in [0.05, 0.1) is 10.2 Å². The van der Waals surface area contributed by atoms with Gasteiger partial charge in [-0.2, -0.15) is 0 Å². The number of para-hydroxylation sites is 1. The zero-order valence-corrected chi connectivity index (χ0v) is 11.9. The fourth-order valence-electron chi connectivity index (χ4n) is 2.37. The van der Waals surface area contributed by atoms with Gasteiger partial charge in [-0.1, -0.05) is 17.4 Å². The maximum absolute atomic E-state index is 9.21. The molecule has 96 valence electrons. The summed E-state index contributed by atoms with van der Waals surface area (Å²) in [5, 5.41) is 10.3. The first-order chi connectivity index (χ1) is 8.81. The lowest BCUT2D eigenvalue weighted by Crippen LogP contribution is -2.20. The molecule has 1 aliphatic rings. The number of fused-ring (bicyclic) bond motifs is 1. The van der Waals surface area contributed by atoms with E-state index in [1.807, 2.05) is 0 Å². The van der Waals surface area contributed by atoms with Crippen LogP contribution in [0.3, 0.4) is 0 Å². The molecule has 5 heteroatoms. The van der Waals surface area contributed by atoms with E-state index in [0.717, 1.165) is 30.2 Å². The molecule has 3 rings (SSSR count). The van der Waals surface area contributed by atoms with Gasteiger partial charge in [-0.05, 0) is 24.8 Å². The van der Waals surface area contributed by atoms with E-state index in [0.29, 0.717) is 5.92 Å². The van der Waals surface area contributed by atoms with Crippen LogP contribution >= 0.6 is 23.1 Å². The SMILES string of the molecule is CSc1cccc2sc(N3CCC(CO)C3)nc12. The highest BCUT2D eigenvalue weighted by Gasteiger charge is 2.24. The van der Waals surface area contributed by atoms with Gasteiger partial charge in [0.1, 0.15) is 0 Å². The highest BCUT2D eigenvalue weighted by molar-refractivity contribution is 7.98. The lowest BCUT2D eigenvalue weighted by molar-refractivity contribution is 0.238. The lowest BCUT2D eigenvalue weighted by Gasteiger charge is -2.13. The lowest BCUT2D eigenvalue weighted by atomic mass is 10.1. The van der Waals surface area contributed by atoms with Gasteiger partial charge >= 0.3 is 0 Å². The summed E-state index contributed by atoms with van der Waals surface area (Å²) in [6.45, 7) is 2.24. The Morgan fingerprint density at radius 3 is 3.17 bits per heavy atom. The standard InChI is InChI=1S/C13H16N2OS2/c1-17-10-3-2-4-11-12(10)14-13(18-11)15-6-5-9(7-15)8-16/h2-4,9,16H,5-8H2,1H3. The molecule has 0 amide bonds. The first-order valence-electron chi connectivity index (χ1n) is 6.11. The van der Waals surface area contributed by atoms with Crippen LogP contribution in [0.4, 0.5) is 5.13 Å². The number of aliphatic hydroxyl groups excluding tert-OH is 1. The number of thiazole rings is 1. The Balaban J connectivity index is 1.94. The summed E-state index contributed by atoms with van der Waals surface area (Å²) in [5.74, 6) is 0.414. The van der Waals surface area contributed by atoms with Crippen LogP contribution in [-0.2, 0) is 0 Å². The van der Waals surface area contributed by atoms with Gasteiger partial charge in [0.25, 0.3) is 0 Å². The fourth-order valence-corrected chi connectivity index (χ4v) is 4.02. The van der Waals surface area contributed by atoms with Crippen molar-refractivity contribution in [3.05, 3.63) is 18.2 Å². The second-order valence-corrected chi connectivity index (χ2v) is 6.44. The summed E-state index contributed by atoms with van der Waals surface area (Å²) >= 11 is 3.50. The van der Waals surface area contributed by atoms with E-state index in [-0.39, 0.29) is 6.61 Å².